The van der Waals surface area contributed by atoms with E-state index in [1.54, 1.807) is 30.3 Å². The van der Waals surface area contributed by atoms with Crippen molar-refractivity contribution in [2.45, 2.75) is 45.7 Å². The molecule has 0 aliphatic rings. The number of amides is 2. The molecule has 5 nitrogen and oxygen atoms in total. The molecule has 2 aromatic rings. The molecule has 2 amide bonds. The summed E-state index contributed by atoms with van der Waals surface area (Å²) >= 11 is 12.3. The Morgan fingerprint density at radius 2 is 1.87 bits per heavy atom. The Hall–Kier alpha value is -2.24. The first-order valence-electron chi connectivity index (χ1n) is 10.1. The molecular formula is C23H28Cl2N2O3. The highest BCUT2D eigenvalue weighted by atomic mass is 35.5. The standard InChI is InChI=1S/C23H28Cl2N2O3/c1-3-5-13-26-23(29)21(4-2)27(15-17-9-6-7-12-20(17)25)22(28)16-30-19-11-8-10-18(24)14-19/h6-12,14,21H,3-5,13,15-16H2,1-2H3,(H,26,29)/t21-/m0/s1. The Morgan fingerprint density at radius 3 is 2.53 bits per heavy atom. The van der Waals surface area contributed by atoms with Gasteiger partial charge in [0.2, 0.25) is 5.91 Å². The third kappa shape index (κ3) is 7.22. The highest BCUT2D eigenvalue weighted by Crippen LogP contribution is 2.21. The summed E-state index contributed by atoms with van der Waals surface area (Å²) < 4.78 is 5.63. The number of carbonyl (C=O) groups is 2. The van der Waals surface area contributed by atoms with E-state index in [1.165, 1.54) is 4.90 Å². The number of halogens is 2. The zero-order valence-corrected chi connectivity index (χ0v) is 18.9. The minimum atomic E-state index is -0.617. The second-order valence-corrected chi connectivity index (χ2v) is 7.77. The van der Waals surface area contributed by atoms with Crippen molar-refractivity contribution in [1.29, 1.82) is 0 Å². The monoisotopic (exact) mass is 450 g/mol. The molecule has 0 radical (unpaired) electrons. The fraction of sp³-hybridized carbons (Fsp3) is 0.391. The number of nitrogens with one attached hydrogen (secondary N) is 1. The highest BCUT2D eigenvalue weighted by Gasteiger charge is 2.29. The quantitative estimate of drug-likeness (QED) is 0.484. The lowest BCUT2D eigenvalue weighted by atomic mass is 10.1. The molecule has 7 heteroatoms. The van der Waals surface area contributed by atoms with Crippen LogP contribution < -0.4 is 10.1 Å². The molecule has 2 aromatic carbocycles. The van der Waals surface area contributed by atoms with Gasteiger partial charge in [-0.3, -0.25) is 9.59 Å². The lowest BCUT2D eigenvalue weighted by Crippen LogP contribution is -2.50. The van der Waals surface area contributed by atoms with Gasteiger partial charge >= 0.3 is 0 Å². The van der Waals surface area contributed by atoms with Gasteiger partial charge < -0.3 is 15.0 Å². The van der Waals surface area contributed by atoms with E-state index in [4.69, 9.17) is 27.9 Å². The van der Waals surface area contributed by atoms with Gasteiger partial charge in [0.1, 0.15) is 11.8 Å². The van der Waals surface area contributed by atoms with Crippen molar-refractivity contribution in [2.75, 3.05) is 13.2 Å². The molecule has 0 aliphatic carbocycles. The number of nitrogens with zero attached hydrogens (tertiary/aromatic N) is 1. The van der Waals surface area contributed by atoms with Crippen LogP contribution in [0.1, 0.15) is 38.7 Å². The van der Waals surface area contributed by atoms with Crippen LogP contribution in [0.25, 0.3) is 0 Å². The van der Waals surface area contributed by atoms with Crippen LogP contribution in [-0.4, -0.2) is 35.9 Å². The minimum Gasteiger partial charge on any atom is -0.484 e. The van der Waals surface area contributed by atoms with Crippen molar-refractivity contribution in [3.8, 4) is 5.75 Å². The predicted molar refractivity (Wildman–Crippen MR) is 121 cm³/mol. The lowest BCUT2D eigenvalue weighted by molar-refractivity contribution is -0.143. The Morgan fingerprint density at radius 1 is 1.10 bits per heavy atom. The van der Waals surface area contributed by atoms with E-state index < -0.39 is 6.04 Å². The topological polar surface area (TPSA) is 58.6 Å². The van der Waals surface area contributed by atoms with Crippen molar-refractivity contribution in [3.05, 3.63) is 64.1 Å². The Labute approximate surface area is 188 Å². The number of rotatable bonds is 11. The number of hydrogen-bond acceptors (Lipinski definition) is 3. The van der Waals surface area contributed by atoms with Gasteiger partial charge in [-0.15, -0.1) is 0 Å². The van der Waals surface area contributed by atoms with Crippen molar-refractivity contribution < 1.29 is 14.3 Å². The Balaban J connectivity index is 2.19. The molecule has 2 rings (SSSR count). The Bertz CT molecular complexity index is 845. The van der Waals surface area contributed by atoms with Crippen LogP contribution in [0.5, 0.6) is 5.75 Å². The molecule has 0 unspecified atom stereocenters. The third-order valence-electron chi connectivity index (χ3n) is 4.67. The first kappa shape index (κ1) is 24.0. The molecule has 0 bridgehead atoms. The molecule has 0 heterocycles. The first-order chi connectivity index (χ1) is 14.5. The maximum absolute atomic E-state index is 13.1. The number of carbonyl (C=O) groups excluding carboxylic acids is 2. The van der Waals surface area contributed by atoms with E-state index in [-0.39, 0.29) is 25.0 Å². The molecule has 0 saturated heterocycles. The van der Waals surface area contributed by atoms with Gasteiger partial charge in [-0.2, -0.15) is 0 Å². The van der Waals surface area contributed by atoms with E-state index in [2.05, 4.69) is 12.2 Å². The van der Waals surface area contributed by atoms with Gasteiger partial charge in [-0.25, -0.2) is 0 Å². The molecule has 1 N–H and O–H groups in total. The van der Waals surface area contributed by atoms with Crippen LogP contribution in [0.3, 0.4) is 0 Å². The molecule has 0 spiro atoms. The zero-order valence-electron chi connectivity index (χ0n) is 17.4. The third-order valence-corrected chi connectivity index (χ3v) is 5.28. The van der Waals surface area contributed by atoms with E-state index in [0.29, 0.717) is 28.8 Å². The molecule has 0 aliphatic heterocycles. The summed E-state index contributed by atoms with van der Waals surface area (Å²) in [5.41, 5.74) is 0.773. The number of hydrogen-bond donors (Lipinski definition) is 1. The van der Waals surface area contributed by atoms with Crippen LogP contribution in [-0.2, 0) is 16.1 Å². The summed E-state index contributed by atoms with van der Waals surface area (Å²) in [6.07, 6.45) is 2.34. The van der Waals surface area contributed by atoms with Gasteiger partial charge in [-0.05, 0) is 42.7 Å². The maximum atomic E-state index is 13.1. The van der Waals surface area contributed by atoms with Crippen molar-refractivity contribution in [2.24, 2.45) is 0 Å². The molecule has 0 aromatic heterocycles. The Kier molecular flexibility index (Phi) is 9.98. The van der Waals surface area contributed by atoms with E-state index in [1.807, 2.05) is 25.1 Å². The summed E-state index contributed by atoms with van der Waals surface area (Å²) in [5.74, 6) is 0.0236. The van der Waals surface area contributed by atoms with Gasteiger partial charge in [0.05, 0.1) is 0 Å². The smallest absolute Gasteiger partial charge is 0.261 e. The highest BCUT2D eigenvalue weighted by molar-refractivity contribution is 6.31. The summed E-state index contributed by atoms with van der Waals surface area (Å²) in [6, 6.07) is 13.5. The summed E-state index contributed by atoms with van der Waals surface area (Å²) in [7, 11) is 0. The van der Waals surface area contributed by atoms with Gasteiger partial charge in [-0.1, -0.05) is 67.7 Å². The predicted octanol–water partition coefficient (Wildman–Crippen LogP) is 5.10. The zero-order chi connectivity index (χ0) is 21.9. The normalized spacial score (nSPS) is 11.6. The van der Waals surface area contributed by atoms with E-state index in [0.717, 1.165) is 18.4 Å². The summed E-state index contributed by atoms with van der Waals surface area (Å²) in [5, 5.41) is 4.00. The second kappa shape index (κ2) is 12.5. The largest absolute Gasteiger partial charge is 0.484 e. The van der Waals surface area contributed by atoms with Gasteiger partial charge in [0.15, 0.2) is 6.61 Å². The number of ether oxygens (including phenoxy) is 1. The van der Waals surface area contributed by atoms with Crippen molar-refractivity contribution in [1.82, 2.24) is 10.2 Å². The van der Waals surface area contributed by atoms with Crippen LogP contribution in [0.4, 0.5) is 0 Å². The molecule has 0 saturated carbocycles. The molecule has 162 valence electrons. The molecule has 0 fully saturated rings. The number of unbranched alkanes of at least 4 members (excludes halogenated alkanes) is 1. The maximum Gasteiger partial charge on any atom is 0.261 e. The van der Waals surface area contributed by atoms with Crippen LogP contribution in [0, 0.1) is 0 Å². The first-order valence-corrected chi connectivity index (χ1v) is 10.9. The average molecular weight is 451 g/mol. The number of benzene rings is 2. The fourth-order valence-corrected chi connectivity index (χ4v) is 3.40. The summed E-state index contributed by atoms with van der Waals surface area (Å²) in [4.78, 5) is 27.4. The van der Waals surface area contributed by atoms with Crippen molar-refractivity contribution in [3.63, 3.8) is 0 Å². The fourth-order valence-electron chi connectivity index (χ4n) is 3.02. The van der Waals surface area contributed by atoms with Gasteiger partial charge in [0.25, 0.3) is 5.91 Å². The summed E-state index contributed by atoms with van der Waals surface area (Å²) in [6.45, 7) is 4.54. The molecular weight excluding hydrogens is 423 g/mol. The SMILES string of the molecule is CCCCNC(=O)[C@H](CC)N(Cc1ccccc1Cl)C(=O)COc1cccc(Cl)c1. The van der Waals surface area contributed by atoms with Gasteiger partial charge in [0, 0.05) is 23.1 Å². The second-order valence-electron chi connectivity index (χ2n) is 6.93. The van der Waals surface area contributed by atoms with Crippen LogP contribution in [0.2, 0.25) is 10.0 Å². The molecule has 1 atom stereocenters. The van der Waals surface area contributed by atoms with Crippen LogP contribution >= 0.6 is 23.2 Å². The molecule has 30 heavy (non-hydrogen) atoms. The average Bonchev–Trinajstić information content (AvgIpc) is 2.73. The van der Waals surface area contributed by atoms with Crippen molar-refractivity contribution >= 4 is 35.0 Å². The van der Waals surface area contributed by atoms with E-state index in [9.17, 15) is 9.59 Å². The lowest BCUT2D eigenvalue weighted by Gasteiger charge is -2.30. The minimum absolute atomic E-state index is 0.172. The van der Waals surface area contributed by atoms with Crippen LogP contribution in [0.15, 0.2) is 48.5 Å². The van der Waals surface area contributed by atoms with E-state index >= 15 is 0 Å².